The highest BCUT2D eigenvalue weighted by Crippen LogP contribution is 2.19. The van der Waals surface area contributed by atoms with E-state index in [0.29, 0.717) is 16.9 Å². The van der Waals surface area contributed by atoms with E-state index in [-0.39, 0.29) is 16.6 Å². The highest BCUT2D eigenvalue weighted by molar-refractivity contribution is 7.87. The van der Waals surface area contributed by atoms with Gasteiger partial charge in [0.1, 0.15) is 16.4 Å². The highest BCUT2D eigenvalue weighted by atomic mass is 32.2. The third-order valence-electron chi connectivity index (χ3n) is 3.83. The Bertz CT molecular complexity index is 1110. The van der Waals surface area contributed by atoms with E-state index in [4.69, 9.17) is 8.92 Å². The monoisotopic (exact) mass is 410 g/mol. The Morgan fingerprint density at radius 1 is 0.931 bits per heavy atom. The molecule has 29 heavy (non-hydrogen) atoms. The van der Waals surface area contributed by atoms with E-state index in [2.05, 4.69) is 10.5 Å². The summed E-state index contributed by atoms with van der Waals surface area (Å²) in [6, 6.07) is 20.8. The van der Waals surface area contributed by atoms with E-state index >= 15 is 0 Å². The quantitative estimate of drug-likeness (QED) is 0.367. The number of methoxy groups -OCH3 is 1. The van der Waals surface area contributed by atoms with Crippen LogP contribution in [0.3, 0.4) is 0 Å². The Morgan fingerprint density at radius 3 is 2.34 bits per heavy atom. The van der Waals surface area contributed by atoms with Gasteiger partial charge in [0.05, 0.1) is 13.3 Å². The maximum absolute atomic E-state index is 12.3. The smallest absolute Gasteiger partial charge is 0.339 e. The van der Waals surface area contributed by atoms with Gasteiger partial charge >= 0.3 is 10.1 Å². The van der Waals surface area contributed by atoms with Gasteiger partial charge in [0.15, 0.2) is 0 Å². The van der Waals surface area contributed by atoms with Crippen molar-refractivity contribution in [1.82, 2.24) is 5.43 Å². The first-order valence-electron chi connectivity index (χ1n) is 8.55. The zero-order valence-corrected chi connectivity index (χ0v) is 16.3. The number of carbonyl (C=O) groups is 1. The molecule has 1 N–H and O–H groups in total. The van der Waals surface area contributed by atoms with Crippen LogP contribution in [0.15, 0.2) is 88.9 Å². The Labute approximate surface area is 168 Å². The van der Waals surface area contributed by atoms with E-state index < -0.39 is 10.1 Å². The minimum atomic E-state index is -3.93. The lowest BCUT2D eigenvalue weighted by molar-refractivity contribution is 0.0955. The molecule has 0 saturated heterocycles. The molecule has 1 amide bonds. The molecule has 0 unspecified atom stereocenters. The number of amides is 1. The SMILES string of the molecule is COc1ccc(C(=O)N/N=C/c2cccc(OS(=O)(=O)c3ccccc3)c2)cc1. The summed E-state index contributed by atoms with van der Waals surface area (Å²) in [5.74, 6) is 0.398. The molecule has 3 aromatic carbocycles. The number of nitrogens with one attached hydrogen (secondary N) is 1. The number of carbonyl (C=O) groups excluding carboxylic acids is 1. The van der Waals surface area contributed by atoms with E-state index in [1.165, 1.54) is 30.5 Å². The molecular formula is C21H18N2O5S. The van der Waals surface area contributed by atoms with E-state index in [9.17, 15) is 13.2 Å². The van der Waals surface area contributed by atoms with Crippen molar-refractivity contribution >= 4 is 22.2 Å². The summed E-state index contributed by atoms with van der Waals surface area (Å²) in [6.45, 7) is 0. The third-order valence-corrected chi connectivity index (χ3v) is 5.09. The summed E-state index contributed by atoms with van der Waals surface area (Å²) in [5, 5.41) is 3.90. The van der Waals surface area contributed by atoms with Crippen LogP contribution in [0.25, 0.3) is 0 Å². The van der Waals surface area contributed by atoms with Crippen LogP contribution in [0.5, 0.6) is 11.5 Å². The molecule has 7 nitrogen and oxygen atoms in total. The lowest BCUT2D eigenvalue weighted by atomic mass is 10.2. The number of ether oxygens (including phenoxy) is 1. The topological polar surface area (TPSA) is 94.1 Å². The average molecular weight is 410 g/mol. The zero-order chi connectivity index (χ0) is 20.7. The number of hydrogen-bond acceptors (Lipinski definition) is 6. The molecule has 0 aliphatic heterocycles. The van der Waals surface area contributed by atoms with Crippen molar-refractivity contribution in [3.05, 3.63) is 90.0 Å². The molecule has 0 aromatic heterocycles. The summed E-state index contributed by atoms with van der Waals surface area (Å²) in [7, 11) is -2.39. The summed E-state index contributed by atoms with van der Waals surface area (Å²) >= 11 is 0. The summed E-state index contributed by atoms with van der Waals surface area (Å²) in [6.07, 6.45) is 1.39. The van der Waals surface area contributed by atoms with Crippen molar-refractivity contribution in [2.75, 3.05) is 7.11 Å². The van der Waals surface area contributed by atoms with Crippen LogP contribution in [-0.4, -0.2) is 27.6 Å². The van der Waals surface area contributed by atoms with Crippen molar-refractivity contribution in [1.29, 1.82) is 0 Å². The number of nitrogens with zero attached hydrogens (tertiary/aromatic N) is 1. The average Bonchev–Trinajstić information content (AvgIpc) is 2.74. The van der Waals surface area contributed by atoms with Gasteiger partial charge in [-0.1, -0.05) is 30.3 Å². The maximum atomic E-state index is 12.3. The standard InChI is InChI=1S/C21H18N2O5S/c1-27-18-12-10-17(11-13-18)21(24)23-22-15-16-6-5-7-19(14-16)28-29(25,26)20-8-3-2-4-9-20/h2-15H,1H3,(H,23,24)/b22-15+. The number of hydrazone groups is 1. The van der Waals surface area contributed by atoms with Crippen LogP contribution in [0.1, 0.15) is 15.9 Å². The van der Waals surface area contributed by atoms with Crippen LogP contribution in [0.2, 0.25) is 0 Å². The fourth-order valence-electron chi connectivity index (χ4n) is 2.38. The highest BCUT2D eigenvalue weighted by Gasteiger charge is 2.15. The van der Waals surface area contributed by atoms with Gasteiger partial charge in [0, 0.05) is 5.56 Å². The second kappa shape index (κ2) is 9.03. The van der Waals surface area contributed by atoms with E-state index in [1.54, 1.807) is 61.7 Å². The largest absolute Gasteiger partial charge is 0.497 e. The molecule has 148 valence electrons. The van der Waals surface area contributed by atoms with Crippen molar-refractivity contribution in [3.8, 4) is 11.5 Å². The van der Waals surface area contributed by atoms with Crippen LogP contribution in [-0.2, 0) is 10.1 Å². The van der Waals surface area contributed by atoms with Crippen LogP contribution < -0.4 is 14.3 Å². The Kier molecular flexibility index (Phi) is 6.25. The van der Waals surface area contributed by atoms with Gasteiger partial charge < -0.3 is 8.92 Å². The van der Waals surface area contributed by atoms with Gasteiger partial charge in [-0.25, -0.2) is 5.43 Å². The Balaban J connectivity index is 1.65. The minimum absolute atomic E-state index is 0.0609. The van der Waals surface area contributed by atoms with Crippen molar-refractivity contribution in [2.24, 2.45) is 5.10 Å². The van der Waals surface area contributed by atoms with Gasteiger partial charge in [-0.15, -0.1) is 0 Å². The van der Waals surface area contributed by atoms with Gasteiger partial charge in [0.25, 0.3) is 5.91 Å². The molecule has 0 spiro atoms. The molecule has 0 bridgehead atoms. The Hall–Kier alpha value is -3.65. The molecule has 8 heteroatoms. The maximum Gasteiger partial charge on any atom is 0.339 e. The predicted molar refractivity (Wildman–Crippen MR) is 109 cm³/mol. The Morgan fingerprint density at radius 2 is 1.66 bits per heavy atom. The van der Waals surface area contributed by atoms with Crippen LogP contribution >= 0.6 is 0 Å². The van der Waals surface area contributed by atoms with Crippen LogP contribution in [0, 0.1) is 0 Å². The summed E-state index contributed by atoms with van der Waals surface area (Å²) in [4.78, 5) is 12.1. The predicted octanol–water partition coefficient (Wildman–Crippen LogP) is 3.23. The van der Waals surface area contributed by atoms with Gasteiger partial charge in [-0.05, 0) is 54.1 Å². The van der Waals surface area contributed by atoms with Gasteiger partial charge in [0.2, 0.25) is 0 Å². The molecule has 3 rings (SSSR count). The van der Waals surface area contributed by atoms with E-state index in [0.717, 1.165) is 0 Å². The molecular weight excluding hydrogens is 392 g/mol. The fraction of sp³-hybridized carbons (Fsp3) is 0.0476. The zero-order valence-electron chi connectivity index (χ0n) is 15.5. The number of benzene rings is 3. The van der Waals surface area contributed by atoms with Crippen molar-refractivity contribution in [2.45, 2.75) is 4.90 Å². The fourth-order valence-corrected chi connectivity index (χ4v) is 3.32. The number of hydrogen-bond donors (Lipinski definition) is 1. The second-order valence-electron chi connectivity index (χ2n) is 5.85. The minimum Gasteiger partial charge on any atom is -0.497 e. The van der Waals surface area contributed by atoms with Crippen LogP contribution in [0.4, 0.5) is 0 Å². The molecule has 0 atom stereocenters. The first kappa shape index (κ1) is 20.1. The van der Waals surface area contributed by atoms with Gasteiger partial charge in [-0.3, -0.25) is 4.79 Å². The lowest BCUT2D eigenvalue weighted by Gasteiger charge is -2.07. The molecule has 0 fully saturated rings. The molecule has 0 aliphatic carbocycles. The molecule has 0 saturated carbocycles. The summed E-state index contributed by atoms with van der Waals surface area (Å²) < 4.78 is 34.8. The summed E-state index contributed by atoms with van der Waals surface area (Å²) in [5.41, 5.74) is 3.39. The number of rotatable bonds is 7. The molecule has 0 radical (unpaired) electrons. The second-order valence-corrected chi connectivity index (χ2v) is 7.40. The van der Waals surface area contributed by atoms with Crippen molar-refractivity contribution < 1.29 is 22.1 Å². The first-order chi connectivity index (χ1) is 14.0. The van der Waals surface area contributed by atoms with E-state index in [1.807, 2.05) is 0 Å². The van der Waals surface area contributed by atoms with Crippen molar-refractivity contribution in [3.63, 3.8) is 0 Å². The normalized spacial score (nSPS) is 11.2. The molecule has 0 heterocycles. The van der Waals surface area contributed by atoms with Gasteiger partial charge in [-0.2, -0.15) is 13.5 Å². The molecule has 0 aliphatic rings. The first-order valence-corrected chi connectivity index (χ1v) is 9.96. The molecule has 3 aromatic rings. The third kappa shape index (κ3) is 5.43. The lowest BCUT2D eigenvalue weighted by Crippen LogP contribution is -2.17.